The number of nitrogens with one attached hydrogen (secondary N) is 1. The molecule has 0 aliphatic heterocycles. The Kier molecular flexibility index (Phi) is 6.04. The van der Waals surface area contributed by atoms with Crippen molar-refractivity contribution < 1.29 is 0 Å². The van der Waals surface area contributed by atoms with E-state index in [-0.39, 0.29) is 6.04 Å². The van der Waals surface area contributed by atoms with Crippen LogP contribution in [0.4, 0.5) is 0 Å². The number of benzene rings is 1. The molecule has 0 radical (unpaired) electrons. The molecule has 1 heterocycles. The van der Waals surface area contributed by atoms with Gasteiger partial charge in [-0.3, -0.25) is 4.68 Å². The first-order valence-corrected chi connectivity index (χ1v) is 8.73. The second kappa shape index (κ2) is 7.56. The van der Waals surface area contributed by atoms with Crippen molar-refractivity contribution >= 4 is 38.5 Å². The van der Waals surface area contributed by atoms with Crippen LogP contribution in [0, 0.1) is 3.57 Å². The lowest BCUT2D eigenvalue weighted by Crippen LogP contribution is -2.22. The van der Waals surface area contributed by atoms with Crippen LogP contribution in [0.1, 0.15) is 37.4 Å². The predicted molar refractivity (Wildman–Crippen MR) is 94.9 cm³/mol. The Morgan fingerprint density at radius 2 is 2.20 bits per heavy atom. The number of nitrogens with zero attached hydrogens (tertiary/aromatic N) is 2. The summed E-state index contributed by atoms with van der Waals surface area (Å²) in [7, 11) is 0. The molecule has 0 aliphatic carbocycles. The summed E-state index contributed by atoms with van der Waals surface area (Å²) < 4.78 is 4.39. The van der Waals surface area contributed by atoms with Gasteiger partial charge in [0.25, 0.3) is 0 Å². The van der Waals surface area contributed by atoms with Crippen LogP contribution in [0.2, 0.25) is 0 Å². The first-order chi connectivity index (χ1) is 9.65. The molecule has 0 bridgehead atoms. The predicted octanol–water partition coefficient (Wildman–Crippen LogP) is 4.36. The highest BCUT2D eigenvalue weighted by atomic mass is 127. The van der Waals surface area contributed by atoms with E-state index in [2.05, 4.69) is 87.2 Å². The molecule has 20 heavy (non-hydrogen) atoms. The summed E-state index contributed by atoms with van der Waals surface area (Å²) in [6.07, 6.45) is 5.22. The number of aromatic nitrogens is 2. The number of hydrogen-bond acceptors (Lipinski definition) is 2. The fourth-order valence-corrected chi connectivity index (χ4v) is 3.25. The summed E-state index contributed by atoms with van der Waals surface area (Å²) in [5, 5.41) is 8.01. The number of aryl methyl sites for hydroxylation is 1. The minimum Gasteiger partial charge on any atom is -0.306 e. The lowest BCUT2D eigenvalue weighted by molar-refractivity contribution is 0.597. The molecule has 1 N–H and O–H groups in total. The smallest absolute Gasteiger partial charge is 0.0618 e. The fourth-order valence-electron chi connectivity index (χ4n) is 2.23. The van der Waals surface area contributed by atoms with E-state index in [1.54, 1.807) is 0 Å². The summed E-state index contributed by atoms with van der Waals surface area (Å²) >= 11 is 5.96. The van der Waals surface area contributed by atoms with Crippen LogP contribution in [0.3, 0.4) is 0 Å². The molecule has 1 atom stereocenters. The number of hydrogen-bond donors (Lipinski definition) is 1. The van der Waals surface area contributed by atoms with E-state index in [1.807, 2.05) is 10.9 Å². The van der Waals surface area contributed by atoms with E-state index in [1.165, 1.54) is 14.7 Å². The van der Waals surface area contributed by atoms with Gasteiger partial charge < -0.3 is 5.32 Å². The first-order valence-electron chi connectivity index (χ1n) is 6.86. The second-order valence-corrected chi connectivity index (χ2v) is 6.77. The molecule has 5 heteroatoms. The van der Waals surface area contributed by atoms with Gasteiger partial charge in [0, 0.05) is 26.3 Å². The Balaban J connectivity index is 2.36. The molecule has 2 aromatic rings. The Labute approximate surface area is 142 Å². The monoisotopic (exact) mass is 447 g/mol. The molecule has 3 nitrogen and oxygen atoms in total. The second-order valence-electron chi connectivity index (χ2n) is 4.69. The van der Waals surface area contributed by atoms with E-state index in [0.29, 0.717) is 0 Å². The van der Waals surface area contributed by atoms with Gasteiger partial charge in [-0.05, 0) is 59.3 Å². The van der Waals surface area contributed by atoms with Crippen molar-refractivity contribution in [2.45, 2.75) is 32.9 Å². The fraction of sp³-hybridized carbons (Fsp3) is 0.400. The normalized spacial score (nSPS) is 12.6. The van der Waals surface area contributed by atoms with Crippen LogP contribution < -0.4 is 5.32 Å². The van der Waals surface area contributed by atoms with Gasteiger partial charge in [-0.15, -0.1) is 0 Å². The van der Waals surface area contributed by atoms with E-state index in [0.717, 1.165) is 24.0 Å². The molecule has 1 unspecified atom stereocenters. The summed E-state index contributed by atoms with van der Waals surface area (Å²) in [4.78, 5) is 0. The largest absolute Gasteiger partial charge is 0.306 e. The van der Waals surface area contributed by atoms with Gasteiger partial charge in [0.05, 0.1) is 12.2 Å². The molecular weight excluding hydrogens is 429 g/mol. The van der Waals surface area contributed by atoms with Crippen LogP contribution in [-0.2, 0) is 6.54 Å². The first kappa shape index (κ1) is 16.0. The Hall–Kier alpha value is -0.400. The molecule has 1 aromatic heterocycles. The average molecular weight is 448 g/mol. The molecule has 0 saturated heterocycles. The molecular formula is C15H19BrIN3. The van der Waals surface area contributed by atoms with Crippen molar-refractivity contribution in [3.63, 3.8) is 0 Å². The third-order valence-electron chi connectivity index (χ3n) is 3.12. The highest BCUT2D eigenvalue weighted by Crippen LogP contribution is 2.28. The Morgan fingerprint density at radius 3 is 2.90 bits per heavy atom. The van der Waals surface area contributed by atoms with Crippen LogP contribution in [0.5, 0.6) is 0 Å². The average Bonchev–Trinajstić information content (AvgIpc) is 2.88. The third-order valence-corrected chi connectivity index (χ3v) is 4.59. The Morgan fingerprint density at radius 1 is 1.40 bits per heavy atom. The molecule has 0 saturated carbocycles. The zero-order valence-electron chi connectivity index (χ0n) is 11.7. The number of halogens is 2. The van der Waals surface area contributed by atoms with Crippen molar-refractivity contribution in [1.29, 1.82) is 0 Å². The van der Waals surface area contributed by atoms with Gasteiger partial charge in [0.2, 0.25) is 0 Å². The summed E-state index contributed by atoms with van der Waals surface area (Å²) in [5.74, 6) is 0. The van der Waals surface area contributed by atoms with Crippen LogP contribution in [0.25, 0.3) is 0 Å². The molecule has 2 rings (SSSR count). The lowest BCUT2D eigenvalue weighted by atomic mass is 10.0. The van der Waals surface area contributed by atoms with Crippen molar-refractivity contribution in [3.05, 3.63) is 49.8 Å². The van der Waals surface area contributed by atoms with E-state index in [4.69, 9.17) is 0 Å². The summed E-state index contributed by atoms with van der Waals surface area (Å²) in [6, 6.07) is 6.59. The van der Waals surface area contributed by atoms with Crippen molar-refractivity contribution in [1.82, 2.24) is 15.1 Å². The SMILES string of the molecule is CCCn1cc(C(NCC)c2cc(Br)ccc2I)cn1. The molecule has 0 fully saturated rings. The topological polar surface area (TPSA) is 29.9 Å². The third kappa shape index (κ3) is 3.83. The molecule has 0 amide bonds. The van der Waals surface area contributed by atoms with Gasteiger partial charge >= 0.3 is 0 Å². The lowest BCUT2D eigenvalue weighted by Gasteiger charge is -2.19. The van der Waals surface area contributed by atoms with Crippen molar-refractivity contribution in [2.75, 3.05) is 6.54 Å². The Bertz CT molecular complexity index is 568. The van der Waals surface area contributed by atoms with Crippen LogP contribution in [0.15, 0.2) is 35.1 Å². The maximum Gasteiger partial charge on any atom is 0.0618 e. The molecule has 1 aromatic carbocycles. The minimum atomic E-state index is 0.190. The quantitative estimate of drug-likeness (QED) is 0.666. The zero-order valence-corrected chi connectivity index (χ0v) is 15.5. The zero-order chi connectivity index (χ0) is 14.5. The highest BCUT2D eigenvalue weighted by Gasteiger charge is 2.17. The van der Waals surface area contributed by atoms with Gasteiger partial charge in [-0.1, -0.05) is 29.8 Å². The van der Waals surface area contributed by atoms with Crippen LogP contribution in [-0.4, -0.2) is 16.3 Å². The van der Waals surface area contributed by atoms with E-state index >= 15 is 0 Å². The maximum atomic E-state index is 4.45. The molecule has 0 aliphatic rings. The van der Waals surface area contributed by atoms with Gasteiger partial charge in [0.15, 0.2) is 0 Å². The molecule has 108 valence electrons. The van der Waals surface area contributed by atoms with E-state index in [9.17, 15) is 0 Å². The van der Waals surface area contributed by atoms with Crippen LogP contribution >= 0.6 is 38.5 Å². The van der Waals surface area contributed by atoms with E-state index < -0.39 is 0 Å². The highest BCUT2D eigenvalue weighted by molar-refractivity contribution is 14.1. The van der Waals surface area contributed by atoms with Crippen molar-refractivity contribution in [2.24, 2.45) is 0 Å². The summed E-state index contributed by atoms with van der Waals surface area (Å²) in [6.45, 7) is 6.19. The maximum absolute atomic E-state index is 4.45. The van der Waals surface area contributed by atoms with Gasteiger partial charge in [-0.25, -0.2) is 0 Å². The molecule has 0 spiro atoms. The summed E-state index contributed by atoms with van der Waals surface area (Å²) in [5.41, 5.74) is 2.51. The van der Waals surface area contributed by atoms with Crippen molar-refractivity contribution in [3.8, 4) is 0 Å². The number of rotatable bonds is 6. The standard InChI is InChI=1S/C15H19BrIN3/c1-3-7-20-10-11(9-19-20)15(18-4-2)13-8-12(16)5-6-14(13)17/h5-6,8-10,15,18H,3-4,7H2,1-2H3. The van der Waals surface area contributed by atoms with Gasteiger partial charge in [0.1, 0.15) is 0 Å². The minimum absolute atomic E-state index is 0.190. The van der Waals surface area contributed by atoms with Gasteiger partial charge in [-0.2, -0.15) is 5.10 Å².